The van der Waals surface area contributed by atoms with Gasteiger partial charge in [0.15, 0.2) is 5.82 Å². The molecule has 0 atom stereocenters. The lowest BCUT2D eigenvalue weighted by Crippen LogP contribution is -2.08. The smallest absolute Gasteiger partial charge is 0.257 e. The molecule has 0 unspecified atom stereocenters. The molecule has 0 spiro atoms. The molecule has 0 aliphatic carbocycles. The summed E-state index contributed by atoms with van der Waals surface area (Å²) < 4.78 is 14.1. The molecule has 0 bridgehead atoms. The molecule has 1 N–H and O–H groups in total. The monoisotopic (exact) mass is 306 g/mol. The van der Waals surface area contributed by atoms with E-state index < -0.39 is 5.82 Å². The Kier molecular flexibility index (Phi) is 2.63. The van der Waals surface area contributed by atoms with Crippen LogP contribution >= 0.6 is 15.9 Å². The molecule has 3 nitrogen and oxygen atoms in total. The van der Waals surface area contributed by atoms with Crippen LogP contribution in [0.1, 0.15) is 5.56 Å². The Bertz CT molecular complexity index is 813. The second kappa shape index (κ2) is 4.17. The average Bonchev–Trinajstić information content (AvgIpc) is 2.41. The van der Waals surface area contributed by atoms with E-state index in [0.717, 1.165) is 0 Å². The molecule has 0 radical (unpaired) electrons. The van der Waals surface area contributed by atoms with Gasteiger partial charge in [-0.05, 0) is 12.1 Å². The zero-order valence-corrected chi connectivity index (χ0v) is 10.8. The molecule has 0 amide bonds. The maximum absolute atomic E-state index is 14.1. The fourth-order valence-electron chi connectivity index (χ4n) is 2.03. The van der Waals surface area contributed by atoms with Gasteiger partial charge in [-0.3, -0.25) is 9.78 Å². The minimum absolute atomic E-state index is 0.211. The summed E-state index contributed by atoms with van der Waals surface area (Å²) in [5, 5.41) is 1.49. The fourth-order valence-corrected chi connectivity index (χ4v) is 2.46. The number of rotatable bonds is 1. The van der Waals surface area contributed by atoms with E-state index in [2.05, 4.69) is 25.9 Å². The Balaban J connectivity index is 2.58. The van der Waals surface area contributed by atoms with Crippen LogP contribution in [-0.4, -0.2) is 9.97 Å². The first-order valence-corrected chi connectivity index (χ1v) is 6.48. The van der Waals surface area contributed by atoms with Gasteiger partial charge in [-0.25, -0.2) is 4.39 Å². The van der Waals surface area contributed by atoms with E-state index in [1.54, 1.807) is 30.5 Å². The summed E-state index contributed by atoms with van der Waals surface area (Å²) in [5.41, 5.74) is 0.920. The van der Waals surface area contributed by atoms with E-state index >= 15 is 0 Å². The third-order valence-corrected chi connectivity index (χ3v) is 3.52. The molecule has 2 heterocycles. The first-order valence-electron chi connectivity index (χ1n) is 5.36. The maximum Gasteiger partial charge on any atom is 0.257 e. The predicted octanol–water partition coefficient (Wildman–Crippen LogP) is 3.11. The van der Waals surface area contributed by atoms with Gasteiger partial charge < -0.3 is 4.98 Å². The first-order chi connectivity index (χ1) is 8.72. The molecule has 0 aliphatic heterocycles. The number of aromatic nitrogens is 2. The van der Waals surface area contributed by atoms with Gasteiger partial charge in [-0.15, -0.1) is 0 Å². The van der Waals surface area contributed by atoms with Crippen LogP contribution in [0.25, 0.3) is 21.8 Å². The molecule has 90 valence electrons. The third-order valence-electron chi connectivity index (χ3n) is 2.91. The zero-order valence-electron chi connectivity index (χ0n) is 9.21. The van der Waals surface area contributed by atoms with Crippen LogP contribution in [-0.2, 0) is 5.33 Å². The van der Waals surface area contributed by atoms with Crippen molar-refractivity contribution in [1.82, 2.24) is 9.97 Å². The number of aromatic amines is 1. The topological polar surface area (TPSA) is 45.8 Å². The van der Waals surface area contributed by atoms with E-state index in [4.69, 9.17) is 0 Å². The highest BCUT2D eigenvalue weighted by Crippen LogP contribution is 2.24. The maximum atomic E-state index is 14.1. The van der Waals surface area contributed by atoms with Gasteiger partial charge in [0.25, 0.3) is 5.56 Å². The summed E-state index contributed by atoms with van der Waals surface area (Å²) in [6.07, 6.45) is 1.59. The van der Waals surface area contributed by atoms with Crippen molar-refractivity contribution in [2.24, 2.45) is 0 Å². The molecule has 0 saturated carbocycles. The number of hydrogen-bond donors (Lipinski definition) is 1. The summed E-state index contributed by atoms with van der Waals surface area (Å²) >= 11 is 3.21. The lowest BCUT2D eigenvalue weighted by molar-refractivity contribution is 0.626. The Hall–Kier alpha value is -1.75. The van der Waals surface area contributed by atoms with Gasteiger partial charge in [0.1, 0.15) is 0 Å². The fraction of sp³-hybridized carbons (Fsp3) is 0.0769. The Morgan fingerprint density at radius 1 is 1.28 bits per heavy atom. The van der Waals surface area contributed by atoms with E-state index in [0.29, 0.717) is 27.2 Å². The van der Waals surface area contributed by atoms with Gasteiger partial charge in [0, 0.05) is 22.5 Å². The molecule has 1 aromatic carbocycles. The summed E-state index contributed by atoms with van der Waals surface area (Å²) in [5.74, 6) is -0.408. The molecular formula is C13H8BrFN2O. The van der Waals surface area contributed by atoms with Crippen molar-refractivity contribution in [2.45, 2.75) is 5.33 Å². The number of pyridine rings is 2. The number of fused-ring (bicyclic) bond motifs is 3. The zero-order chi connectivity index (χ0) is 12.7. The number of nitrogens with zero attached hydrogens (tertiary/aromatic N) is 1. The van der Waals surface area contributed by atoms with Gasteiger partial charge in [-0.2, -0.15) is 0 Å². The first kappa shape index (κ1) is 11.3. The van der Waals surface area contributed by atoms with Crippen molar-refractivity contribution < 1.29 is 4.39 Å². The van der Waals surface area contributed by atoms with Crippen LogP contribution in [0, 0.1) is 5.82 Å². The van der Waals surface area contributed by atoms with Crippen LogP contribution < -0.4 is 5.56 Å². The van der Waals surface area contributed by atoms with Crippen LogP contribution in [0.3, 0.4) is 0 Å². The highest BCUT2D eigenvalue weighted by Gasteiger charge is 2.11. The molecule has 5 heteroatoms. The van der Waals surface area contributed by atoms with Crippen LogP contribution in [0.15, 0.2) is 35.3 Å². The number of hydrogen-bond acceptors (Lipinski definition) is 2. The highest BCUT2D eigenvalue weighted by atomic mass is 79.9. The second-order valence-electron chi connectivity index (χ2n) is 3.95. The lowest BCUT2D eigenvalue weighted by atomic mass is 10.1. The largest absolute Gasteiger partial charge is 0.319 e. The molecule has 0 fully saturated rings. The minimum Gasteiger partial charge on any atom is -0.319 e. The highest BCUT2D eigenvalue weighted by molar-refractivity contribution is 9.08. The average molecular weight is 307 g/mol. The van der Waals surface area contributed by atoms with E-state index in [1.165, 1.54) is 0 Å². The van der Waals surface area contributed by atoms with Gasteiger partial charge in [0.2, 0.25) is 0 Å². The SMILES string of the molecule is O=c1[nH]c2c(F)c(CBr)ccc2c2ncccc12. The standard InChI is InChI=1S/C13H8BrFN2O/c14-6-7-3-4-8-11-9(2-1-5-16-11)13(18)17-12(8)10(7)15/h1-5H,6H2,(H,17,18). The van der Waals surface area contributed by atoms with E-state index in [1.807, 2.05) is 0 Å². The van der Waals surface area contributed by atoms with Crippen LogP contribution in [0.2, 0.25) is 0 Å². The summed E-state index contributed by atoms with van der Waals surface area (Å²) in [7, 11) is 0. The molecule has 3 aromatic rings. The molecule has 18 heavy (non-hydrogen) atoms. The van der Waals surface area contributed by atoms with E-state index in [-0.39, 0.29) is 11.1 Å². The molecule has 0 saturated heterocycles. The van der Waals surface area contributed by atoms with Crippen LogP contribution in [0.4, 0.5) is 4.39 Å². The van der Waals surface area contributed by atoms with Crippen molar-refractivity contribution in [2.75, 3.05) is 0 Å². The lowest BCUT2D eigenvalue weighted by Gasteiger charge is -2.06. The van der Waals surface area contributed by atoms with Crippen molar-refractivity contribution in [3.63, 3.8) is 0 Å². The molecule has 2 aromatic heterocycles. The normalized spacial score (nSPS) is 11.2. The number of alkyl halides is 1. The second-order valence-corrected chi connectivity index (χ2v) is 4.51. The van der Waals surface area contributed by atoms with Crippen molar-refractivity contribution in [3.05, 3.63) is 52.2 Å². The summed E-state index contributed by atoms with van der Waals surface area (Å²) in [6, 6.07) is 6.84. The molecule has 3 rings (SSSR count). The van der Waals surface area contributed by atoms with E-state index in [9.17, 15) is 9.18 Å². The van der Waals surface area contributed by atoms with Gasteiger partial charge in [-0.1, -0.05) is 28.1 Å². The minimum atomic E-state index is -0.408. The summed E-state index contributed by atoms with van der Waals surface area (Å²) in [4.78, 5) is 18.6. The molecular weight excluding hydrogens is 299 g/mol. The summed E-state index contributed by atoms with van der Waals surface area (Å²) in [6.45, 7) is 0. The predicted molar refractivity (Wildman–Crippen MR) is 72.5 cm³/mol. The van der Waals surface area contributed by atoms with Gasteiger partial charge in [0.05, 0.1) is 16.4 Å². The Morgan fingerprint density at radius 3 is 2.89 bits per heavy atom. The number of benzene rings is 1. The third kappa shape index (κ3) is 1.54. The Labute approximate surface area is 110 Å². The number of H-pyrrole nitrogens is 1. The number of nitrogens with one attached hydrogen (secondary N) is 1. The number of halogens is 2. The Morgan fingerprint density at radius 2 is 2.11 bits per heavy atom. The van der Waals surface area contributed by atoms with Crippen LogP contribution in [0.5, 0.6) is 0 Å². The quantitative estimate of drug-likeness (QED) is 0.554. The van der Waals surface area contributed by atoms with Crippen molar-refractivity contribution in [3.8, 4) is 0 Å². The van der Waals surface area contributed by atoms with Gasteiger partial charge >= 0.3 is 0 Å². The molecule has 0 aliphatic rings. The van der Waals surface area contributed by atoms with Crippen molar-refractivity contribution >= 4 is 37.7 Å². The van der Waals surface area contributed by atoms with Crippen molar-refractivity contribution in [1.29, 1.82) is 0 Å².